The summed E-state index contributed by atoms with van der Waals surface area (Å²) in [5.41, 5.74) is 8.10. The highest BCUT2D eigenvalue weighted by Gasteiger charge is 2.29. The Labute approximate surface area is 145 Å². The second kappa shape index (κ2) is 6.00. The molecule has 2 aromatic heterocycles. The van der Waals surface area contributed by atoms with E-state index in [9.17, 15) is 5.11 Å². The van der Waals surface area contributed by atoms with Crippen molar-refractivity contribution < 1.29 is 5.11 Å². The fraction of sp³-hybridized carbons (Fsp3) is 0.389. The monoisotopic (exact) mass is 338 g/mol. The molecule has 0 spiro atoms. The number of hydrogen-bond acceptors (Lipinski definition) is 6. The number of nitrogens with one attached hydrogen (secondary N) is 2. The van der Waals surface area contributed by atoms with Crippen molar-refractivity contribution in [3.8, 4) is 11.3 Å². The number of aromatic amines is 1. The van der Waals surface area contributed by atoms with Crippen molar-refractivity contribution in [2.45, 2.75) is 44.2 Å². The van der Waals surface area contributed by atoms with Gasteiger partial charge in [0, 0.05) is 23.2 Å². The van der Waals surface area contributed by atoms with Crippen LogP contribution in [0.2, 0.25) is 0 Å². The van der Waals surface area contributed by atoms with Crippen LogP contribution in [0.3, 0.4) is 0 Å². The van der Waals surface area contributed by atoms with Crippen molar-refractivity contribution in [1.82, 2.24) is 20.2 Å². The first kappa shape index (κ1) is 15.8. The molecule has 25 heavy (non-hydrogen) atoms. The Morgan fingerprint density at radius 3 is 2.76 bits per heavy atom. The van der Waals surface area contributed by atoms with E-state index in [2.05, 4.69) is 25.5 Å². The SMILES string of the molecule is CC1(O)CCC(Nc2nc(N)nc3cc(-c4ccn[nH]4)ccc23)CC1. The lowest BCUT2D eigenvalue weighted by atomic mass is 9.83. The Balaban J connectivity index is 1.65. The molecule has 0 unspecified atom stereocenters. The molecule has 4 rings (SSSR count). The summed E-state index contributed by atoms with van der Waals surface area (Å²) in [7, 11) is 0. The zero-order valence-corrected chi connectivity index (χ0v) is 14.2. The van der Waals surface area contributed by atoms with E-state index in [1.165, 1.54) is 0 Å². The van der Waals surface area contributed by atoms with Crippen molar-refractivity contribution in [3.63, 3.8) is 0 Å². The average molecular weight is 338 g/mol. The smallest absolute Gasteiger partial charge is 0.222 e. The minimum atomic E-state index is -0.552. The topological polar surface area (TPSA) is 113 Å². The first-order valence-electron chi connectivity index (χ1n) is 8.56. The largest absolute Gasteiger partial charge is 0.390 e. The number of aromatic nitrogens is 4. The summed E-state index contributed by atoms with van der Waals surface area (Å²) in [4.78, 5) is 8.77. The lowest BCUT2D eigenvalue weighted by Gasteiger charge is -2.33. The van der Waals surface area contributed by atoms with E-state index in [0.717, 1.165) is 53.7 Å². The standard InChI is InChI=1S/C18H22N6O/c1-18(25)7-4-12(5-8-18)21-16-13-3-2-11(14-6-9-20-24-14)10-15(13)22-17(19)23-16/h2-3,6,9-10,12,25H,4-5,7-8H2,1H3,(H,20,24)(H3,19,21,22,23). The van der Waals surface area contributed by atoms with Crippen LogP contribution in [-0.2, 0) is 0 Å². The zero-order chi connectivity index (χ0) is 17.4. The zero-order valence-electron chi connectivity index (χ0n) is 14.2. The molecule has 2 heterocycles. The van der Waals surface area contributed by atoms with Gasteiger partial charge in [0.25, 0.3) is 0 Å². The van der Waals surface area contributed by atoms with Gasteiger partial charge >= 0.3 is 0 Å². The maximum absolute atomic E-state index is 10.1. The van der Waals surface area contributed by atoms with Gasteiger partial charge < -0.3 is 16.2 Å². The number of nitrogen functional groups attached to an aromatic ring is 1. The van der Waals surface area contributed by atoms with Crippen molar-refractivity contribution in [3.05, 3.63) is 30.5 Å². The van der Waals surface area contributed by atoms with Crippen LogP contribution in [0.15, 0.2) is 30.5 Å². The maximum Gasteiger partial charge on any atom is 0.222 e. The van der Waals surface area contributed by atoms with Gasteiger partial charge in [-0.05, 0) is 50.8 Å². The van der Waals surface area contributed by atoms with Crippen molar-refractivity contribution in [1.29, 1.82) is 0 Å². The minimum Gasteiger partial charge on any atom is -0.390 e. The highest BCUT2D eigenvalue weighted by molar-refractivity contribution is 5.92. The van der Waals surface area contributed by atoms with Gasteiger partial charge in [-0.1, -0.05) is 6.07 Å². The van der Waals surface area contributed by atoms with Crippen LogP contribution in [-0.4, -0.2) is 36.9 Å². The Morgan fingerprint density at radius 2 is 2.04 bits per heavy atom. The number of nitrogens with zero attached hydrogens (tertiary/aromatic N) is 3. The quantitative estimate of drug-likeness (QED) is 0.584. The van der Waals surface area contributed by atoms with Gasteiger partial charge in [0.05, 0.1) is 16.8 Å². The summed E-state index contributed by atoms with van der Waals surface area (Å²) >= 11 is 0. The molecule has 0 radical (unpaired) electrons. The number of benzene rings is 1. The molecular weight excluding hydrogens is 316 g/mol. The van der Waals surface area contributed by atoms with Crippen LogP contribution in [0.5, 0.6) is 0 Å². The van der Waals surface area contributed by atoms with Gasteiger partial charge in [0.2, 0.25) is 5.95 Å². The highest BCUT2D eigenvalue weighted by Crippen LogP contribution is 2.32. The number of fused-ring (bicyclic) bond motifs is 1. The number of hydrogen-bond donors (Lipinski definition) is 4. The molecule has 7 heteroatoms. The minimum absolute atomic E-state index is 0.250. The van der Waals surface area contributed by atoms with Gasteiger partial charge in [-0.15, -0.1) is 0 Å². The summed E-state index contributed by atoms with van der Waals surface area (Å²) in [6, 6.07) is 8.21. The number of rotatable bonds is 3. The van der Waals surface area contributed by atoms with E-state index in [4.69, 9.17) is 5.73 Å². The Morgan fingerprint density at radius 1 is 1.24 bits per heavy atom. The van der Waals surface area contributed by atoms with E-state index in [1.54, 1.807) is 6.20 Å². The molecular formula is C18H22N6O. The third-order valence-electron chi connectivity index (χ3n) is 4.93. The van der Waals surface area contributed by atoms with E-state index >= 15 is 0 Å². The first-order valence-corrected chi connectivity index (χ1v) is 8.56. The van der Waals surface area contributed by atoms with Crippen LogP contribution in [0.1, 0.15) is 32.6 Å². The average Bonchev–Trinajstić information content (AvgIpc) is 3.10. The molecule has 3 aromatic rings. The van der Waals surface area contributed by atoms with E-state index < -0.39 is 5.60 Å². The van der Waals surface area contributed by atoms with Crippen LogP contribution in [0.4, 0.5) is 11.8 Å². The molecule has 0 amide bonds. The van der Waals surface area contributed by atoms with Crippen LogP contribution in [0.25, 0.3) is 22.2 Å². The third-order valence-corrected chi connectivity index (χ3v) is 4.93. The number of H-pyrrole nitrogens is 1. The molecule has 7 nitrogen and oxygen atoms in total. The molecule has 1 saturated carbocycles. The van der Waals surface area contributed by atoms with Gasteiger partial charge in [0.1, 0.15) is 5.82 Å². The molecule has 1 aromatic carbocycles. The Kier molecular flexibility index (Phi) is 3.80. The lowest BCUT2D eigenvalue weighted by Crippen LogP contribution is -2.36. The van der Waals surface area contributed by atoms with E-state index in [-0.39, 0.29) is 12.0 Å². The highest BCUT2D eigenvalue weighted by atomic mass is 16.3. The summed E-state index contributed by atoms with van der Waals surface area (Å²) in [6.45, 7) is 1.90. The number of aliphatic hydroxyl groups is 1. The second-order valence-corrected chi connectivity index (χ2v) is 7.05. The van der Waals surface area contributed by atoms with Crippen LogP contribution < -0.4 is 11.1 Å². The van der Waals surface area contributed by atoms with E-state index in [0.29, 0.717) is 0 Å². The molecule has 130 valence electrons. The third kappa shape index (κ3) is 3.28. The Bertz CT molecular complexity index is 880. The molecule has 1 aliphatic carbocycles. The van der Waals surface area contributed by atoms with Gasteiger partial charge in [-0.3, -0.25) is 5.10 Å². The van der Waals surface area contributed by atoms with Gasteiger partial charge in [-0.25, -0.2) is 4.98 Å². The normalized spacial score (nSPS) is 23.7. The number of nitrogens with two attached hydrogens (primary N) is 1. The van der Waals surface area contributed by atoms with Crippen molar-refractivity contribution in [2.75, 3.05) is 11.1 Å². The molecule has 0 saturated heterocycles. The molecule has 0 bridgehead atoms. The number of anilines is 2. The van der Waals surface area contributed by atoms with E-state index in [1.807, 2.05) is 31.2 Å². The molecule has 0 atom stereocenters. The lowest BCUT2D eigenvalue weighted by molar-refractivity contribution is 0.0196. The van der Waals surface area contributed by atoms with Crippen LogP contribution >= 0.6 is 0 Å². The van der Waals surface area contributed by atoms with Crippen molar-refractivity contribution in [2.24, 2.45) is 0 Å². The summed E-state index contributed by atoms with van der Waals surface area (Å²) in [5, 5.41) is 21.5. The Hall–Kier alpha value is -2.67. The summed E-state index contributed by atoms with van der Waals surface area (Å²) in [5.74, 6) is 1.00. The van der Waals surface area contributed by atoms with Crippen molar-refractivity contribution >= 4 is 22.7 Å². The second-order valence-electron chi connectivity index (χ2n) is 7.05. The molecule has 1 fully saturated rings. The molecule has 5 N–H and O–H groups in total. The van der Waals surface area contributed by atoms with Crippen LogP contribution in [0, 0.1) is 0 Å². The fourth-order valence-corrected chi connectivity index (χ4v) is 3.42. The molecule has 1 aliphatic rings. The predicted octanol–water partition coefficient (Wildman–Crippen LogP) is 2.71. The summed E-state index contributed by atoms with van der Waals surface area (Å²) < 4.78 is 0. The first-order chi connectivity index (χ1) is 12.0. The van der Waals surface area contributed by atoms with Gasteiger partial charge in [0.15, 0.2) is 0 Å². The fourth-order valence-electron chi connectivity index (χ4n) is 3.42. The maximum atomic E-state index is 10.1. The summed E-state index contributed by atoms with van der Waals surface area (Å²) in [6.07, 6.45) is 5.11. The van der Waals surface area contributed by atoms with Gasteiger partial charge in [-0.2, -0.15) is 10.1 Å². The predicted molar refractivity (Wildman–Crippen MR) is 98.0 cm³/mol. The molecule has 0 aliphatic heterocycles.